The number of piperidine rings is 1. The Hall–Kier alpha value is -3.98. The van der Waals surface area contributed by atoms with Crippen LogP contribution in [-0.2, 0) is 4.79 Å². The van der Waals surface area contributed by atoms with Crippen LogP contribution < -0.4 is 15.0 Å². The van der Waals surface area contributed by atoms with Gasteiger partial charge in [-0.15, -0.1) is 10.2 Å². The van der Waals surface area contributed by atoms with Crippen LogP contribution in [-0.4, -0.2) is 45.6 Å². The summed E-state index contributed by atoms with van der Waals surface area (Å²) in [5, 5.41) is 11.4. The number of nitrogens with zero attached hydrogens (tertiary/aromatic N) is 5. The molecular weight excluding hydrogens is 502 g/mol. The van der Waals surface area contributed by atoms with Gasteiger partial charge in [0.1, 0.15) is 17.3 Å². The molecule has 0 atom stereocenters. The van der Waals surface area contributed by atoms with Crippen molar-refractivity contribution in [3.8, 4) is 28.7 Å². The Bertz CT molecular complexity index is 1410. The molecule has 3 aromatic rings. The Balaban J connectivity index is 1.53. The molecule has 190 valence electrons. The molecule has 0 radical (unpaired) electrons. The molecule has 2 amide bonds. The number of rotatable bonds is 6. The standard InChI is InChI=1S/C25H22F2N6O3S/c1-36-19-13-28-18(23(26)27)10-16(19)15-11-20(33-9-3-2-4-22(33)34)29-12-17(15)24(35)30-25-32-31-21(37-25)8-7-14-5-6-14/h10-14,23H,2-6,9H2,1H3,(H,30,32,35). The summed E-state index contributed by atoms with van der Waals surface area (Å²) < 4.78 is 32.4. The number of nitrogens with one attached hydrogen (secondary N) is 1. The van der Waals surface area contributed by atoms with E-state index in [1.54, 1.807) is 0 Å². The third-order valence-electron chi connectivity index (χ3n) is 5.96. The molecule has 12 heteroatoms. The molecule has 4 heterocycles. The number of anilines is 2. The van der Waals surface area contributed by atoms with Crippen LogP contribution in [0.3, 0.4) is 0 Å². The molecule has 1 N–H and O–H groups in total. The van der Waals surface area contributed by atoms with Gasteiger partial charge in [0, 0.05) is 36.2 Å². The van der Waals surface area contributed by atoms with Crippen LogP contribution in [0.1, 0.15) is 59.6 Å². The maximum Gasteiger partial charge on any atom is 0.280 e. The average molecular weight is 525 g/mol. The summed E-state index contributed by atoms with van der Waals surface area (Å²) in [6, 6.07) is 2.71. The average Bonchev–Trinajstić information content (AvgIpc) is 3.64. The van der Waals surface area contributed by atoms with Gasteiger partial charge in [-0.05, 0) is 43.7 Å². The van der Waals surface area contributed by atoms with E-state index in [0.717, 1.165) is 37.0 Å². The lowest BCUT2D eigenvalue weighted by atomic mass is 9.99. The second kappa shape index (κ2) is 10.6. The lowest BCUT2D eigenvalue weighted by Gasteiger charge is -2.26. The second-order valence-electron chi connectivity index (χ2n) is 8.61. The first-order valence-electron chi connectivity index (χ1n) is 11.7. The predicted molar refractivity (Wildman–Crippen MR) is 133 cm³/mol. The summed E-state index contributed by atoms with van der Waals surface area (Å²) in [4.78, 5) is 35.5. The molecule has 5 rings (SSSR count). The van der Waals surface area contributed by atoms with Crippen molar-refractivity contribution in [3.63, 3.8) is 0 Å². The number of carbonyl (C=O) groups excluding carboxylic acids is 2. The maximum absolute atomic E-state index is 13.5. The Morgan fingerprint density at radius 2 is 2.03 bits per heavy atom. The van der Waals surface area contributed by atoms with Gasteiger partial charge in [0.15, 0.2) is 5.01 Å². The van der Waals surface area contributed by atoms with Crippen LogP contribution in [0.4, 0.5) is 19.7 Å². The Morgan fingerprint density at radius 3 is 2.76 bits per heavy atom. The fraction of sp³-hybridized carbons (Fsp3) is 0.360. The minimum Gasteiger partial charge on any atom is -0.494 e. The van der Waals surface area contributed by atoms with Crippen molar-refractivity contribution in [2.75, 3.05) is 23.9 Å². The number of methoxy groups -OCH3 is 1. The zero-order valence-corrected chi connectivity index (χ0v) is 20.6. The highest BCUT2D eigenvalue weighted by molar-refractivity contribution is 7.15. The molecule has 0 unspecified atom stereocenters. The van der Waals surface area contributed by atoms with Crippen LogP contribution >= 0.6 is 11.3 Å². The number of carbonyl (C=O) groups is 2. The molecule has 1 aliphatic heterocycles. The SMILES string of the molecule is COc1cnc(C(F)F)cc1-c1cc(N2CCCCC2=O)ncc1C(=O)Nc1nnc(C#CC2CC2)s1. The van der Waals surface area contributed by atoms with Gasteiger partial charge in [-0.1, -0.05) is 17.3 Å². The first-order chi connectivity index (χ1) is 17.9. The van der Waals surface area contributed by atoms with Crippen LogP contribution in [0.2, 0.25) is 0 Å². The molecular formula is C25H22F2N6O3S. The number of hydrogen-bond acceptors (Lipinski definition) is 8. The molecule has 0 aromatic carbocycles. The lowest BCUT2D eigenvalue weighted by Crippen LogP contribution is -2.35. The fourth-order valence-electron chi connectivity index (χ4n) is 3.88. The number of aromatic nitrogens is 4. The molecule has 3 aromatic heterocycles. The first kappa shape index (κ1) is 24.7. The summed E-state index contributed by atoms with van der Waals surface area (Å²) in [6.07, 6.45) is 3.81. The highest BCUT2D eigenvalue weighted by Gasteiger charge is 2.26. The van der Waals surface area contributed by atoms with Crippen molar-refractivity contribution in [1.29, 1.82) is 0 Å². The summed E-state index contributed by atoms with van der Waals surface area (Å²) in [5.74, 6) is 6.29. The largest absolute Gasteiger partial charge is 0.494 e. The maximum atomic E-state index is 13.5. The van der Waals surface area contributed by atoms with E-state index in [2.05, 4.69) is 37.3 Å². The number of amides is 2. The van der Waals surface area contributed by atoms with Crippen molar-refractivity contribution in [2.45, 2.75) is 38.5 Å². The van der Waals surface area contributed by atoms with Gasteiger partial charge < -0.3 is 4.74 Å². The van der Waals surface area contributed by atoms with Gasteiger partial charge in [-0.3, -0.25) is 24.8 Å². The van der Waals surface area contributed by atoms with E-state index in [0.29, 0.717) is 29.7 Å². The van der Waals surface area contributed by atoms with Gasteiger partial charge in [-0.2, -0.15) is 0 Å². The van der Waals surface area contributed by atoms with E-state index < -0.39 is 18.0 Å². The number of alkyl halides is 2. The summed E-state index contributed by atoms with van der Waals surface area (Å²) in [6.45, 7) is 0.474. The summed E-state index contributed by atoms with van der Waals surface area (Å²) >= 11 is 1.13. The van der Waals surface area contributed by atoms with Crippen LogP contribution in [0.25, 0.3) is 11.1 Å². The van der Waals surface area contributed by atoms with Gasteiger partial charge in [0.2, 0.25) is 11.0 Å². The topological polar surface area (TPSA) is 110 Å². The fourth-order valence-corrected chi connectivity index (χ4v) is 4.48. The molecule has 1 saturated carbocycles. The summed E-state index contributed by atoms with van der Waals surface area (Å²) in [7, 11) is 1.38. The molecule has 2 aliphatic rings. The minimum absolute atomic E-state index is 0.0822. The quantitative estimate of drug-likeness (QED) is 0.474. The zero-order chi connectivity index (χ0) is 25.9. The molecule has 9 nitrogen and oxygen atoms in total. The zero-order valence-electron chi connectivity index (χ0n) is 19.8. The molecule has 0 bridgehead atoms. The first-order valence-corrected chi connectivity index (χ1v) is 12.5. The minimum atomic E-state index is -2.83. The van der Waals surface area contributed by atoms with E-state index in [9.17, 15) is 18.4 Å². The highest BCUT2D eigenvalue weighted by atomic mass is 32.1. The van der Waals surface area contributed by atoms with Crippen molar-refractivity contribution in [2.24, 2.45) is 5.92 Å². The van der Waals surface area contributed by atoms with Gasteiger partial charge >= 0.3 is 0 Å². The van der Waals surface area contributed by atoms with Crippen LogP contribution in [0, 0.1) is 17.8 Å². The molecule has 1 aliphatic carbocycles. The third kappa shape index (κ3) is 5.56. The smallest absolute Gasteiger partial charge is 0.280 e. The van der Waals surface area contributed by atoms with E-state index >= 15 is 0 Å². The molecule has 2 fully saturated rings. The van der Waals surface area contributed by atoms with Crippen molar-refractivity contribution in [3.05, 3.63) is 40.8 Å². The Kier molecular flexibility index (Phi) is 7.05. The third-order valence-corrected chi connectivity index (χ3v) is 6.72. The number of halogens is 2. The molecule has 1 saturated heterocycles. The highest BCUT2D eigenvalue weighted by Crippen LogP contribution is 2.37. The number of hydrogen-bond donors (Lipinski definition) is 1. The predicted octanol–water partition coefficient (Wildman–Crippen LogP) is 4.47. The van der Waals surface area contributed by atoms with Gasteiger partial charge in [0.25, 0.3) is 12.3 Å². The molecule has 0 spiro atoms. The van der Waals surface area contributed by atoms with E-state index in [-0.39, 0.29) is 33.5 Å². The van der Waals surface area contributed by atoms with Crippen LogP contribution in [0.5, 0.6) is 5.75 Å². The van der Waals surface area contributed by atoms with Crippen molar-refractivity contribution >= 4 is 34.1 Å². The second-order valence-corrected chi connectivity index (χ2v) is 9.59. The van der Waals surface area contributed by atoms with Crippen molar-refractivity contribution in [1.82, 2.24) is 20.2 Å². The van der Waals surface area contributed by atoms with Crippen molar-refractivity contribution < 1.29 is 23.1 Å². The van der Waals surface area contributed by atoms with Gasteiger partial charge in [0.05, 0.1) is 18.9 Å². The van der Waals surface area contributed by atoms with E-state index in [1.807, 2.05) is 0 Å². The normalized spacial score (nSPS) is 15.4. The monoisotopic (exact) mass is 524 g/mol. The van der Waals surface area contributed by atoms with Crippen LogP contribution in [0.15, 0.2) is 24.5 Å². The summed E-state index contributed by atoms with van der Waals surface area (Å²) in [5.41, 5.74) is 0.0934. The lowest BCUT2D eigenvalue weighted by molar-refractivity contribution is -0.119. The van der Waals surface area contributed by atoms with E-state index in [4.69, 9.17) is 4.74 Å². The Morgan fingerprint density at radius 1 is 1.19 bits per heavy atom. The molecule has 37 heavy (non-hydrogen) atoms. The van der Waals surface area contributed by atoms with E-state index in [1.165, 1.54) is 36.5 Å². The Labute approximate surface area is 215 Å². The van der Waals surface area contributed by atoms with Gasteiger partial charge in [-0.25, -0.2) is 13.8 Å². The number of ether oxygens (including phenoxy) is 1. The number of pyridine rings is 2.